The molecular formula is C43H82O6. The van der Waals surface area contributed by atoms with Crippen LogP contribution in [0.2, 0.25) is 0 Å². The predicted octanol–water partition coefficient (Wildman–Crippen LogP) is 13.3. The van der Waals surface area contributed by atoms with E-state index in [-0.39, 0.29) is 31.1 Å². The van der Waals surface area contributed by atoms with Crippen LogP contribution >= 0.6 is 0 Å². The number of hydrogen-bond acceptors (Lipinski definition) is 6. The van der Waals surface area contributed by atoms with Gasteiger partial charge in [0.25, 0.3) is 0 Å². The Labute approximate surface area is 304 Å². The largest absolute Gasteiger partial charge is 0.462 e. The second kappa shape index (κ2) is 39.2. The van der Waals surface area contributed by atoms with Crippen LogP contribution in [-0.2, 0) is 28.6 Å². The quantitative estimate of drug-likeness (QED) is 0.0362. The number of hydrogen-bond donors (Lipinski definition) is 0. The molecule has 6 heteroatoms. The van der Waals surface area contributed by atoms with Crippen LogP contribution in [0.25, 0.3) is 0 Å². The SMILES string of the molecule is CCCCCCCCCCCCCCCCCC(=O)OC[C@H](COC(=O)CCCCCCCCC)OC(=O)CCCCCCCCCCC. The van der Waals surface area contributed by atoms with Gasteiger partial charge < -0.3 is 14.2 Å². The van der Waals surface area contributed by atoms with Gasteiger partial charge >= 0.3 is 17.9 Å². The molecule has 0 amide bonds. The van der Waals surface area contributed by atoms with Gasteiger partial charge in [0.1, 0.15) is 13.2 Å². The Hall–Kier alpha value is -1.59. The molecule has 0 aliphatic heterocycles. The Morgan fingerprint density at radius 2 is 0.551 bits per heavy atom. The molecule has 1 atom stereocenters. The molecule has 0 aliphatic rings. The average Bonchev–Trinajstić information content (AvgIpc) is 3.10. The molecule has 0 aromatic heterocycles. The second-order valence-corrected chi connectivity index (χ2v) is 14.6. The Morgan fingerprint density at radius 3 is 0.816 bits per heavy atom. The standard InChI is InChI=1S/C43H82O6/c1-4-7-10-13-16-18-19-20-21-22-23-25-27-30-33-36-42(45)48-39-40(38-47-41(44)35-32-29-26-15-12-9-6-3)49-43(46)37-34-31-28-24-17-14-11-8-5-2/h40H,4-39H2,1-3H3/t40-/m0/s1. The Kier molecular flexibility index (Phi) is 37.9. The van der Waals surface area contributed by atoms with Crippen molar-refractivity contribution in [3.8, 4) is 0 Å². The summed E-state index contributed by atoms with van der Waals surface area (Å²) in [6.45, 7) is 6.58. The lowest BCUT2D eigenvalue weighted by molar-refractivity contribution is -0.167. The summed E-state index contributed by atoms with van der Waals surface area (Å²) in [6.07, 6.45) is 38.1. The maximum Gasteiger partial charge on any atom is 0.306 e. The maximum atomic E-state index is 12.6. The van der Waals surface area contributed by atoms with Crippen molar-refractivity contribution >= 4 is 17.9 Å². The predicted molar refractivity (Wildman–Crippen MR) is 206 cm³/mol. The lowest BCUT2D eigenvalue weighted by Gasteiger charge is -2.18. The van der Waals surface area contributed by atoms with E-state index in [0.29, 0.717) is 19.3 Å². The minimum atomic E-state index is -0.755. The van der Waals surface area contributed by atoms with E-state index in [1.807, 2.05) is 0 Å². The third-order valence-electron chi connectivity index (χ3n) is 9.61. The monoisotopic (exact) mass is 695 g/mol. The van der Waals surface area contributed by atoms with Gasteiger partial charge in [-0.2, -0.15) is 0 Å². The molecule has 0 rings (SSSR count). The molecule has 0 spiro atoms. The summed E-state index contributed by atoms with van der Waals surface area (Å²) < 4.78 is 16.6. The van der Waals surface area contributed by atoms with Crippen molar-refractivity contribution in [2.75, 3.05) is 13.2 Å². The van der Waals surface area contributed by atoms with Gasteiger partial charge in [-0.1, -0.05) is 201 Å². The lowest BCUT2D eigenvalue weighted by Crippen LogP contribution is -2.30. The number of ether oxygens (including phenoxy) is 3. The van der Waals surface area contributed by atoms with E-state index in [0.717, 1.165) is 57.8 Å². The molecule has 290 valence electrons. The summed E-state index contributed by atoms with van der Waals surface area (Å²) in [7, 11) is 0. The third kappa shape index (κ3) is 37.5. The lowest BCUT2D eigenvalue weighted by atomic mass is 10.0. The number of rotatable bonds is 39. The van der Waals surface area contributed by atoms with Crippen molar-refractivity contribution in [1.82, 2.24) is 0 Å². The zero-order valence-electron chi connectivity index (χ0n) is 33.0. The fraction of sp³-hybridized carbons (Fsp3) is 0.930. The van der Waals surface area contributed by atoms with Crippen LogP contribution in [0.4, 0.5) is 0 Å². The van der Waals surface area contributed by atoms with Crippen molar-refractivity contribution in [2.45, 2.75) is 245 Å². The molecule has 0 aliphatic carbocycles. The van der Waals surface area contributed by atoms with E-state index >= 15 is 0 Å². The molecule has 0 saturated heterocycles. The van der Waals surface area contributed by atoms with Crippen LogP contribution in [0.3, 0.4) is 0 Å². The highest BCUT2D eigenvalue weighted by Gasteiger charge is 2.19. The third-order valence-corrected chi connectivity index (χ3v) is 9.61. The van der Waals surface area contributed by atoms with E-state index in [4.69, 9.17) is 14.2 Å². The molecule has 0 bridgehead atoms. The highest BCUT2D eigenvalue weighted by atomic mass is 16.6. The van der Waals surface area contributed by atoms with E-state index in [2.05, 4.69) is 20.8 Å². The van der Waals surface area contributed by atoms with Crippen LogP contribution < -0.4 is 0 Å². The van der Waals surface area contributed by atoms with Gasteiger partial charge in [0.2, 0.25) is 0 Å². The van der Waals surface area contributed by atoms with Crippen molar-refractivity contribution in [3.05, 3.63) is 0 Å². The van der Waals surface area contributed by atoms with E-state index < -0.39 is 6.10 Å². The first-order valence-electron chi connectivity index (χ1n) is 21.5. The molecule has 0 aromatic carbocycles. The zero-order chi connectivity index (χ0) is 35.9. The summed E-state index contributed by atoms with van der Waals surface area (Å²) in [5.41, 5.74) is 0. The summed E-state index contributed by atoms with van der Waals surface area (Å²) in [4.78, 5) is 37.4. The molecule has 0 N–H and O–H groups in total. The normalized spacial score (nSPS) is 11.8. The molecule has 0 saturated carbocycles. The summed E-state index contributed by atoms with van der Waals surface area (Å²) >= 11 is 0. The Bertz CT molecular complexity index is 723. The zero-order valence-corrected chi connectivity index (χ0v) is 33.0. The van der Waals surface area contributed by atoms with Crippen LogP contribution in [0.15, 0.2) is 0 Å². The first kappa shape index (κ1) is 47.4. The topological polar surface area (TPSA) is 78.9 Å². The van der Waals surface area contributed by atoms with Gasteiger partial charge in [0, 0.05) is 19.3 Å². The first-order chi connectivity index (χ1) is 24.0. The summed E-state index contributed by atoms with van der Waals surface area (Å²) in [5, 5.41) is 0. The summed E-state index contributed by atoms with van der Waals surface area (Å²) in [6, 6.07) is 0. The fourth-order valence-electron chi connectivity index (χ4n) is 6.32. The van der Waals surface area contributed by atoms with Gasteiger partial charge in [-0.25, -0.2) is 0 Å². The molecule has 0 radical (unpaired) electrons. The Morgan fingerprint density at radius 1 is 0.327 bits per heavy atom. The second-order valence-electron chi connectivity index (χ2n) is 14.6. The van der Waals surface area contributed by atoms with Gasteiger partial charge in [-0.3, -0.25) is 14.4 Å². The molecule has 49 heavy (non-hydrogen) atoms. The molecule has 0 aromatic rings. The highest BCUT2D eigenvalue weighted by molar-refractivity contribution is 5.71. The smallest absolute Gasteiger partial charge is 0.306 e. The van der Waals surface area contributed by atoms with Gasteiger partial charge in [-0.15, -0.1) is 0 Å². The molecular weight excluding hydrogens is 612 g/mol. The number of esters is 3. The number of unbranched alkanes of at least 4 members (excludes halogenated alkanes) is 28. The van der Waals surface area contributed by atoms with E-state index in [1.54, 1.807) is 0 Å². The minimum Gasteiger partial charge on any atom is -0.462 e. The Balaban J connectivity index is 4.23. The molecule has 0 fully saturated rings. The highest BCUT2D eigenvalue weighted by Crippen LogP contribution is 2.15. The van der Waals surface area contributed by atoms with Crippen LogP contribution in [0.5, 0.6) is 0 Å². The fourth-order valence-corrected chi connectivity index (χ4v) is 6.32. The van der Waals surface area contributed by atoms with Crippen LogP contribution in [0, 0.1) is 0 Å². The van der Waals surface area contributed by atoms with Gasteiger partial charge in [0.05, 0.1) is 0 Å². The van der Waals surface area contributed by atoms with Crippen molar-refractivity contribution < 1.29 is 28.6 Å². The van der Waals surface area contributed by atoms with E-state index in [1.165, 1.54) is 141 Å². The van der Waals surface area contributed by atoms with Crippen molar-refractivity contribution in [3.63, 3.8) is 0 Å². The number of carbonyl (C=O) groups is 3. The molecule has 6 nitrogen and oxygen atoms in total. The summed E-state index contributed by atoms with van der Waals surface area (Å²) in [5.74, 6) is -0.865. The van der Waals surface area contributed by atoms with Crippen molar-refractivity contribution in [2.24, 2.45) is 0 Å². The maximum absolute atomic E-state index is 12.6. The molecule has 0 heterocycles. The molecule has 0 unspecified atom stereocenters. The van der Waals surface area contributed by atoms with Crippen LogP contribution in [-0.4, -0.2) is 37.2 Å². The van der Waals surface area contributed by atoms with Gasteiger partial charge in [0.15, 0.2) is 6.10 Å². The average molecular weight is 695 g/mol. The first-order valence-corrected chi connectivity index (χ1v) is 21.5. The van der Waals surface area contributed by atoms with Crippen molar-refractivity contribution in [1.29, 1.82) is 0 Å². The van der Waals surface area contributed by atoms with E-state index in [9.17, 15) is 14.4 Å². The number of carbonyl (C=O) groups excluding carboxylic acids is 3. The minimum absolute atomic E-state index is 0.0637. The van der Waals surface area contributed by atoms with Crippen LogP contribution in [0.1, 0.15) is 239 Å². The van der Waals surface area contributed by atoms with Gasteiger partial charge in [-0.05, 0) is 19.3 Å².